The fraction of sp³-hybridized carbons (Fsp3) is 0.327. The van der Waals surface area contributed by atoms with Crippen LogP contribution in [0, 0.1) is 27.7 Å². The molecular formula is C49H55Cl6N16O8Pd-. The van der Waals surface area contributed by atoms with Crippen molar-refractivity contribution in [3.05, 3.63) is 144 Å². The Kier molecular flexibility index (Phi) is 29.8. The topological polar surface area (TPSA) is 317 Å². The Balaban J connectivity index is 0.000000342. The van der Waals surface area contributed by atoms with Gasteiger partial charge in [0.2, 0.25) is 45.2 Å². The molecule has 80 heavy (non-hydrogen) atoms. The smallest absolute Gasteiger partial charge is 0.312 e. The summed E-state index contributed by atoms with van der Waals surface area (Å²) in [4.78, 5) is 101. The van der Waals surface area contributed by atoms with Gasteiger partial charge in [-0.3, -0.25) is 54.1 Å². The summed E-state index contributed by atoms with van der Waals surface area (Å²) in [5.41, 5.74) is 6.70. The van der Waals surface area contributed by atoms with Gasteiger partial charge >= 0.3 is 11.4 Å². The zero-order chi connectivity index (χ0) is 56.6. The Hall–Kier alpha value is -6.56. The van der Waals surface area contributed by atoms with E-state index in [0.717, 1.165) is 70.9 Å². The molecule has 4 N–H and O–H groups in total. The van der Waals surface area contributed by atoms with Gasteiger partial charge in [0.1, 0.15) is 5.02 Å². The van der Waals surface area contributed by atoms with E-state index in [2.05, 4.69) is 50.5 Å². The first-order chi connectivity index (χ1) is 37.4. The number of amides is 4. The molecule has 0 unspecified atom stereocenters. The second-order valence-corrected chi connectivity index (χ2v) is 18.7. The predicted octanol–water partition coefficient (Wildman–Crippen LogP) is 11.2. The van der Waals surface area contributed by atoms with Crippen molar-refractivity contribution < 1.29 is 50.9 Å². The number of aromatic nitrogens is 8. The van der Waals surface area contributed by atoms with Crippen molar-refractivity contribution in [1.29, 1.82) is 0 Å². The van der Waals surface area contributed by atoms with E-state index in [9.17, 15) is 39.4 Å². The molecule has 0 atom stereocenters. The Labute approximate surface area is 505 Å². The minimum atomic E-state index is -0.574. The molecule has 0 aliphatic carbocycles. The SMILES string of the molecule is Clc1ncc(Cl)c(Cl)n1.Nc1cccnc1N1CCCCC1=O.O=C1CCCCN1.O=C1CCCCN1c1ncccc1Nc1nc(Cl)ncc1Cl.O=C1CCCCN1c1ncccc1[N+](=O)[O-].O=[N+]([O-])c1cccnc1Cl.[CH3-].[HH].[Pd]. The van der Waals surface area contributed by atoms with Crippen molar-refractivity contribution in [3.8, 4) is 0 Å². The molecule has 0 spiro atoms. The number of hydrogen-bond donors (Lipinski definition) is 3. The zero-order valence-corrected chi connectivity index (χ0v) is 48.7. The number of nitrogens with zero attached hydrogens (tertiary/aromatic N) is 13. The van der Waals surface area contributed by atoms with E-state index in [-0.39, 0.29) is 91.0 Å². The summed E-state index contributed by atoms with van der Waals surface area (Å²) < 4.78 is 0. The molecule has 0 bridgehead atoms. The monoisotopic (exact) mass is 1310 g/mol. The molecule has 6 aromatic heterocycles. The van der Waals surface area contributed by atoms with Crippen LogP contribution in [0.15, 0.2) is 85.7 Å². The van der Waals surface area contributed by atoms with Gasteiger partial charge in [-0.2, -0.15) is 4.98 Å². The van der Waals surface area contributed by atoms with Crippen LogP contribution in [0.2, 0.25) is 30.9 Å². The van der Waals surface area contributed by atoms with Crippen molar-refractivity contribution in [2.45, 2.75) is 77.0 Å². The second kappa shape index (κ2) is 35.2. The van der Waals surface area contributed by atoms with Gasteiger partial charge in [-0.15, -0.1) is 0 Å². The molecule has 4 fully saturated rings. The van der Waals surface area contributed by atoms with Crippen molar-refractivity contribution in [1.82, 2.24) is 45.2 Å². The Morgan fingerprint density at radius 2 is 1.01 bits per heavy atom. The van der Waals surface area contributed by atoms with Crippen LogP contribution >= 0.6 is 69.6 Å². The van der Waals surface area contributed by atoms with Gasteiger partial charge in [-0.05, 0) is 111 Å². The number of rotatable bonds is 7. The van der Waals surface area contributed by atoms with Crippen LogP contribution in [0.3, 0.4) is 0 Å². The van der Waals surface area contributed by atoms with Crippen molar-refractivity contribution in [2.75, 3.05) is 51.9 Å². The summed E-state index contributed by atoms with van der Waals surface area (Å²) in [7, 11) is 0. The summed E-state index contributed by atoms with van der Waals surface area (Å²) in [6.45, 7) is 2.79. The molecule has 0 saturated carbocycles. The van der Waals surface area contributed by atoms with Gasteiger partial charge in [-0.1, -0.05) is 46.4 Å². The van der Waals surface area contributed by atoms with E-state index >= 15 is 0 Å². The molecule has 4 aliphatic rings. The van der Waals surface area contributed by atoms with Crippen LogP contribution in [0.4, 0.5) is 46.0 Å². The first-order valence-corrected chi connectivity index (χ1v) is 26.2. The van der Waals surface area contributed by atoms with Gasteiger partial charge in [0.05, 0.1) is 38.6 Å². The number of nitrogen functional groups attached to an aromatic ring is 1. The number of halogens is 6. The van der Waals surface area contributed by atoms with E-state index in [1.54, 1.807) is 40.4 Å². The summed E-state index contributed by atoms with van der Waals surface area (Å²) in [5, 5.41) is 27.7. The molecule has 31 heteroatoms. The fourth-order valence-corrected chi connectivity index (χ4v) is 8.16. The number of nitrogens with one attached hydrogen (secondary N) is 2. The van der Waals surface area contributed by atoms with Gasteiger partial charge in [0.25, 0.3) is 0 Å². The molecule has 6 aromatic rings. The number of pyridine rings is 4. The molecule has 0 aromatic carbocycles. The number of carbonyl (C=O) groups excluding carboxylic acids is 4. The summed E-state index contributed by atoms with van der Waals surface area (Å²) in [5.74, 6) is 2.04. The molecule has 10 heterocycles. The number of carbonyl (C=O) groups is 4. The maximum atomic E-state index is 12.1. The standard InChI is InChI=1S/C14H13Cl2N5O.C10H11N3O3.C10H13N3O.C5H3ClN2O2.C5H9NO.C4HCl3N2.CH3.Pd.H2/c15-9-8-18-14(16)20-12(9)19-10-4-3-6-17-13(10)21-7-2-1-5-11(21)22;14-9-5-1-2-7-12(9)10-8(13(15)16)4-3-6-11-10;11-8-4-3-6-12-10(8)13-7-2-1-5-9(13)14;6-5-4(8(9)10)2-1-3-7-5;7-5-3-1-2-4-6-5;5-2-1-8-4(7)9-3(2)6;;;/h3-4,6,8H,1-2,5,7H2,(H,18,19,20);3-4,6H,1-2,5,7H2;3-4,6H,1-2,5,7,11H2;1-3H;1-4H2,(H,6,7);1H;1H3;;1H/q;;;;;;-1;;. The molecule has 0 radical (unpaired) electrons. The molecule has 4 amide bonds. The third-order valence-corrected chi connectivity index (χ3v) is 12.6. The molecular weight excluding hydrogens is 1260 g/mol. The fourth-order valence-electron chi connectivity index (χ4n) is 7.30. The first-order valence-electron chi connectivity index (χ1n) is 23.9. The van der Waals surface area contributed by atoms with E-state index < -0.39 is 9.85 Å². The van der Waals surface area contributed by atoms with Crippen LogP contribution in [0.25, 0.3) is 0 Å². The third-order valence-electron chi connectivity index (χ3n) is 11.0. The maximum Gasteiger partial charge on any atom is 0.312 e. The summed E-state index contributed by atoms with van der Waals surface area (Å²) in [6.07, 6.45) is 19.1. The largest absolute Gasteiger partial charge is 0.396 e. The minimum absolute atomic E-state index is 0. The minimum Gasteiger partial charge on any atom is -0.396 e. The predicted molar refractivity (Wildman–Crippen MR) is 306 cm³/mol. The molecule has 24 nitrogen and oxygen atoms in total. The quantitative estimate of drug-likeness (QED) is 0.0254. The van der Waals surface area contributed by atoms with Crippen molar-refractivity contribution >= 4 is 139 Å². The Morgan fingerprint density at radius 3 is 1.48 bits per heavy atom. The summed E-state index contributed by atoms with van der Waals surface area (Å²) in [6, 6.07) is 12.8. The van der Waals surface area contributed by atoms with E-state index in [4.69, 9.17) is 75.3 Å². The number of nitro groups is 2. The normalized spacial score (nSPS) is 14.5. The average molecular weight is 1320 g/mol. The van der Waals surface area contributed by atoms with Crippen LogP contribution in [0.1, 0.15) is 78.5 Å². The Morgan fingerprint density at radius 1 is 0.550 bits per heavy atom. The molecule has 432 valence electrons. The van der Waals surface area contributed by atoms with Gasteiger partial charge in [0.15, 0.2) is 22.6 Å². The van der Waals surface area contributed by atoms with E-state index in [1.807, 2.05) is 6.07 Å². The molecule has 4 aliphatic heterocycles. The maximum absolute atomic E-state index is 12.1. The van der Waals surface area contributed by atoms with Gasteiger partial charge < -0.3 is 23.8 Å². The average Bonchev–Trinajstić information content (AvgIpc) is 3.43. The Bertz CT molecular complexity index is 3050. The number of anilines is 6. The zero-order valence-electron chi connectivity index (χ0n) is 42.6. The molecule has 10 rings (SSSR count). The van der Waals surface area contributed by atoms with E-state index in [0.29, 0.717) is 71.2 Å². The first kappa shape index (κ1) is 67.7. The number of hydrogen-bond acceptors (Lipinski definition) is 18. The van der Waals surface area contributed by atoms with Crippen LogP contribution in [-0.2, 0) is 39.6 Å². The van der Waals surface area contributed by atoms with Crippen LogP contribution in [0.5, 0.6) is 0 Å². The van der Waals surface area contributed by atoms with Crippen molar-refractivity contribution in [2.24, 2.45) is 0 Å². The number of piperidine rings is 4. The second-order valence-electron chi connectivity index (χ2n) is 16.5. The van der Waals surface area contributed by atoms with Gasteiger partial charge in [-0.25, -0.2) is 34.9 Å². The van der Waals surface area contributed by atoms with Crippen LogP contribution < -0.4 is 31.1 Å². The molecule has 4 saturated heterocycles. The van der Waals surface area contributed by atoms with Crippen molar-refractivity contribution in [3.63, 3.8) is 0 Å². The third kappa shape index (κ3) is 21.5. The van der Waals surface area contributed by atoms with E-state index in [1.165, 1.54) is 54.0 Å². The summed E-state index contributed by atoms with van der Waals surface area (Å²) >= 11 is 33.5. The number of nitrogens with two attached hydrogens (primary N) is 1. The van der Waals surface area contributed by atoms with Gasteiger partial charge in [0, 0.05) is 111 Å². The van der Waals surface area contributed by atoms with Crippen LogP contribution in [-0.4, -0.2) is 99.5 Å².